The van der Waals surface area contributed by atoms with Gasteiger partial charge in [0.2, 0.25) is 0 Å². The van der Waals surface area contributed by atoms with Crippen LogP contribution in [0.2, 0.25) is 0 Å². The van der Waals surface area contributed by atoms with Crippen molar-refractivity contribution in [2.75, 3.05) is 46.3 Å². The van der Waals surface area contributed by atoms with Gasteiger partial charge in [0.15, 0.2) is 0 Å². The molecule has 2 fully saturated rings. The fraction of sp³-hybridized carbons (Fsp3) is 0.765. The van der Waals surface area contributed by atoms with E-state index >= 15 is 0 Å². The first-order valence-corrected chi connectivity index (χ1v) is 8.28. The quantitative estimate of drug-likeness (QED) is 0.766. The smallest absolute Gasteiger partial charge is 0.0190 e. The van der Waals surface area contributed by atoms with E-state index in [2.05, 4.69) is 40.8 Å². The molecule has 2 heterocycles. The van der Waals surface area contributed by atoms with Crippen LogP contribution in [0.15, 0.2) is 23.4 Å². The van der Waals surface area contributed by atoms with E-state index in [1.807, 2.05) is 0 Å². The largest absolute Gasteiger partial charge is 0.374 e. The van der Waals surface area contributed by atoms with Crippen LogP contribution in [0.3, 0.4) is 0 Å². The van der Waals surface area contributed by atoms with E-state index in [0.29, 0.717) is 0 Å². The maximum atomic E-state index is 2.74. The summed E-state index contributed by atoms with van der Waals surface area (Å²) in [6.07, 6.45) is 9.81. The first-order valence-electron chi connectivity index (χ1n) is 8.28. The second-order valence-corrected chi connectivity index (χ2v) is 6.63. The highest BCUT2D eigenvalue weighted by molar-refractivity contribution is 5.27. The Labute approximate surface area is 123 Å². The second kappa shape index (κ2) is 6.31. The molecular weight excluding hydrogens is 246 g/mol. The predicted molar refractivity (Wildman–Crippen MR) is 84.7 cm³/mol. The van der Waals surface area contributed by atoms with E-state index < -0.39 is 0 Å². The highest BCUT2D eigenvalue weighted by atomic mass is 15.3. The van der Waals surface area contributed by atoms with Crippen LogP contribution in [0.5, 0.6) is 0 Å². The van der Waals surface area contributed by atoms with Crippen LogP contribution >= 0.6 is 0 Å². The number of hydrogen-bond donors (Lipinski definition) is 0. The Kier molecular flexibility index (Phi) is 4.47. The fourth-order valence-electron chi connectivity index (χ4n) is 3.87. The lowest BCUT2D eigenvalue weighted by Crippen LogP contribution is -2.52. The Bertz CT molecular complexity index is 383. The number of likely N-dealkylation sites (N-methyl/N-ethyl adjacent to an activating group) is 1. The van der Waals surface area contributed by atoms with Crippen molar-refractivity contribution in [3.63, 3.8) is 0 Å². The van der Waals surface area contributed by atoms with Crippen molar-refractivity contribution in [3.05, 3.63) is 23.4 Å². The molecule has 0 saturated carbocycles. The summed E-state index contributed by atoms with van der Waals surface area (Å²) in [5.41, 5.74) is 3.11. The lowest BCUT2D eigenvalue weighted by atomic mass is 9.97. The molecule has 2 aliphatic heterocycles. The van der Waals surface area contributed by atoms with E-state index in [1.165, 1.54) is 70.5 Å². The summed E-state index contributed by atoms with van der Waals surface area (Å²) < 4.78 is 0. The molecule has 0 aromatic heterocycles. The van der Waals surface area contributed by atoms with E-state index in [4.69, 9.17) is 0 Å². The molecule has 0 spiro atoms. The van der Waals surface area contributed by atoms with Crippen LogP contribution in [0.25, 0.3) is 0 Å². The van der Waals surface area contributed by atoms with Crippen molar-refractivity contribution < 1.29 is 0 Å². The lowest BCUT2D eigenvalue weighted by Gasteiger charge is -2.43. The molecule has 0 bridgehead atoms. The van der Waals surface area contributed by atoms with Crippen molar-refractivity contribution in [2.24, 2.45) is 0 Å². The van der Waals surface area contributed by atoms with E-state index in [1.54, 1.807) is 5.70 Å². The van der Waals surface area contributed by atoms with Gasteiger partial charge in [0, 0.05) is 51.0 Å². The highest BCUT2D eigenvalue weighted by Gasteiger charge is 2.27. The zero-order valence-electron chi connectivity index (χ0n) is 13.1. The molecule has 112 valence electrons. The molecule has 0 aromatic rings. The molecular formula is C17H29N3. The highest BCUT2D eigenvalue weighted by Crippen LogP contribution is 2.27. The number of nitrogens with zero attached hydrogens (tertiary/aromatic N) is 3. The summed E-state index contributed by atoms with van der Waals surface area (Å²) in [5.74, 6) is 0. The fourth-order valence-corrected chi connectivity index (χ4v) is 3.87. The summed E-state index contributed by atoms with van der Waals surface area (Å²) in [6.45, 7) is 9.83. The normalized spacial score (nSPS) is 27.4. The number of likely N-dealkylation sites (tertiary alicyclic amines) is 1. The third-order valence-electron chi connectivity index (χ3n) is 5.27. The Morgan fingerprint density at radius 3 is 2.35 bits per heavy atom. The van der Waals surface area contributed by atoms with E-state index in [9.17, 15) is 0 Å². The summed E-state index contributed by atoms with van der Waals surface area (Å²) in [7, 11) is 2.24. The minimum absolute atomic E-state index is 0.833. The van der Waals surface area contributed by atoms with Crippen molar-refractivity contribution in [1.82, 2.24) is 14.7 Å². The van der Waals surface area contributed by atoms with Gasteiger partial charge < -0.3 is 9.80 Å². The minimum Gasteiger partial charge on any atom is -0.374 e. The third-order valence-corrected chi connectivity index (χ3v) is 5.27. The van der Waals surface area contributed by atoms with Crippen molar-refractivity contribution in [3.8, 4) is 0 Å². The lowest BCUT2D eigenvalue weighted by molar-refractivity contribution is 0.0747. The Morgan fingerprint density at radius 1 is 1.00 bits per heavy atom. The molecule has 1 aliphatic carbocycles. The monoisotopic (exact) mass is 275 g/mol. The molecule has 3 rings (SSSR count). The van der Waals surface area contributed by atoms with Gasteiger partial charge in [-0.25, -0.2) is 0 Å². The van der Waals surface area contributed by atoms with Gasteiger partial charge in [0.25, 0.3) is 0 Å². The van der Waals surface area contributed by atoms with Gasteiger partial charge in [-0.3, -0.25) is 4.90 Å². The van der Waals surface area contributed by atoms with Gasteiger partial charge in [-0.1, -0.05) is 12.2 Å². The second-order valence-electron chi connectivity index (χ2n) is 6.63. The first kappa shape index (κ1) is 14.2. The molecule has 3 heteroatoms. The van der Waals surface area contributed by atoms with Gasteiger partial charge in [-0.2, -0.15) is 0 Å². The molecule has 3 nitrogen and oxygen atoms in total. The topological polar surface area (TPSA) is 9.72 Å². The molecule has 3 aliphatic rings. The number of allylic oxidation sites excluding steroid dienone is 4. The molecule has 0 N–H and O–H groups in total. The van der Waals surface area contributed by atoms with Crippen LogP contribution in [0.1, 0.15) is 32.6 Å². The van der Waals surface area contributed by atoms with Crippen LogP contribution in [-0.2, 0) is 0 Å². The third kappa shape index (κ3) is 3.09. The Morgan fingerprint density at radius 2 is 1.70 bits per heavy atom. The van der Waals surface area contributed by atoms with Crippen LogP contribution < -0.4 is 0 Å². The molecule has 20 heavy (non-hydrogen) atoms. The summed E-state index contributed by atoms with van der Waals surface area (Å²) in [6, 6.07) is 0.833. The van der Waals surface area contributed by atoms with Crippen molar-refractivity contribution in [1.29, 1.82) is 0 Å². The average Bonchev–Trinajstić information content (AvgIpc) is 2.49. The van der Waals surface area contributed by atoms with Gasteiger partial charge in [0.05, 0.1) is 0 Å². The zero-order chi connectivity index (χ0) is 13.9. The molecule has 0 radical (unpaired) electrons. The number of rotatable bonds is 2. The molecule has 0 amide bonds. The Balaban J connectivity index is 1.53. The first-order chi connectivity index (χ1) is 9.74. The minimum atomic E-state index is 0.833. The SMILES string of the molecule is CC1=C(N2CCC(N3CCN(C)CC3)CC2)CCC=C1. The molecule has 2 saturated heterocycles. The van der Waals surface area contributed by atoms with Gasteiger partial charge >= 0.3 is 0 Å². The standard InChI is InChI=1S/C17H29N3/c1-15-5-3-4-6-17(15)20-9-7-16(8-10-20)19-13-11-18(2)12-14-19/h3,5,16H,4,6-14H2,1-2H3. The van der Waals surface area contributed by atoms with Gasteiger partial charge in [0.1, 0.15) is 0 Å². The van der Waals surface area contributed by atoms with Gasteiger partial charge in [-0.15, -0.1) is 0 Å². The molecule has 0 atom stereocenters. The van der Waals surface area contributed by atoms with Crippen LogP contribution in [0.4, 0.5) is 0 Å². The summed E-state index contributed by atoms with van der Waals surface area (Å²) >= 11 is 0. The van der Waals surface area contributed by atoms with E-state index in [0.717, 1.165) is 6.04 Å². The summed E-state index contributed by atoms with van der Waals surface area (Å²) in [4.78, 5) is 7.85. The number of piperazine rings is 1. The summed E-state index contributed by atoms with van der Waals surface area (Å²) in [5, 5.41) is 0. The van der Waals surface area contributed by atoms with Crippen molar-refractivity contribution >= 4 is 0 Å². The number of piperidine rings is 1. The van der Waals surface area contributed by atoms with Crippen molar-refractivity contribution in [2.45, 2.75) is 38.6 Å². The predicted octanol–water partition coefficient (Wildman–Crippen LogP) is 2.32. The average molecular weight is 275 g/mol. The maximum absolute atomic E-state index is 2.74. The molecule has 0 unspecified atom stereocenters. The van der Waals surface area contributed by atoms with Crippen LogP contribution in [-0.4, -0.2) is 67.1 Å². The number of hydrogen-bond acceptors (Lipinski definition) is 3. The van der Waals surface area contributed by atoms with Crippen LogP contribution in [0, 0.1) is 0 Å². The maximum Gasteiger partial charge on any atom is 0.0190 e. The van der Waals surface area contributed by atoms with E-state index in [-0.39, 0.29) is 0 Å². The Hall–Kier alpha value is -0.800. The zero-order valence-corrected chi connectivity index (χ0v) is 13.1. The molecule has 0 aromatic carbocycles. The van der Waals surface area contributed by atoms with Gasteiger partial charge in [-0.05, 0) is 45.2 Å².